The second kappa shape index (κ2) is 5.80. The number of hydrogen-bond acceptors (Lipinski definition) is 5. The highest BCUT2D eigenvalue weighted by Gasteiger charge is 2.39. The lowest BCUT2D eigenvalue weighted by Crippen LogP contribution is -2.41. The second-order valence-electron chi connectivity index (χ2n) is 4.79. The van der Waals surface area contributed by atoms with Gasteiger partial charge in [-0.1, -0.05) is 12.1 Å². The summed E-state index contributed by atoms with van der Waals surface area (Å²) in [5.41, 5.74) is 6.77. The van der Waals surface area contributed by atoms with E-state index in [9.17, 15) is 13.2 Å². The molecule has 0 bridgehead atoms. The highest BCUT2D eigenvalue weighted by molar-refractivity contribution is 7.88. The van der Waals surface area contributed by atoms with Gasteiger partial charge in [0, 0.05) is 12.2 Å². The Labute approximate surface area is 118 Å². The summed E-state index contributed by atoms with van der Waals surface area (Å²) >= 11 is 0. The summed E-state index contributed by atoms with van der Waals surface area (Å²) in [6, 6.07) is 6.04. The lowest BCUT2D eigenvalue weighted by molar-refractivity contribution is -0.144. The molecule has 1 aromatic carbocycles. The van der Waals surface area contributed by atoms with Crippen molar-refractivity contribution in [2.24, 2.45) is 0 Å². The first-order valence-electron chi connectivity index (χ1n) is 6.36. The van der Waals surface area contributed by atoms with Gasteiger partial charge < -0.3 is 10.5 Å². The summed E-state index contributed by atoms with van der Waals surface area (Å²) < 4.78 is 30.7. The van der Waals surface area contributed by atoms with Crippen LogP contribution in [-0.2, 0) is 25.3 Å². The molecule has 1 fully saturated rings. The van der Waals surface area contributed by atoms with Crippen LogP contribution in [0.25, 0.3) is 0 Å². The molecule has 20 heavy (non-hydrogen) atoms. The maximum absolute atomic E-state index is 12.4. The van der Waals surface area contributed by atoms with Crippen molar-refractivity contribution in [1.82, 2.24) is 4.31 Å². The molecule has 2 N–H and O–H groups in total. The van der Waals surface area contributed by atoms with E-state index in [4.69, 9.17) is 5.73 Å². The van der Waals surface area contributed by atoms with E-state index in [1.807, 2.05) is 0 Å². The van der Waals surface area contributed by atoms with Gasteiger partial charge in [-0.05, 0) is 30.5 Å². The SMILES string of the molecule is COC(=O)C1CCCN1S(=O)(=O)Cc1cccc(N)c1. The molecular weight excluding hydrogens is 280 g/mol. The number of hydrogen-bond donors (Lipinski definition) is 1. The van der Waals surface area contributed by atoms with Crippen LogP contribution in [-0.4, -0.2) is 38.4 Å². The molecule has 1 aliphatic heterocycles. The number of nitrogens with two attached hydrogens (primary N) is 1. The highest BCUT2D eigenvalue weighted by Crippen LogP contribution is 2.24. The molecule has 1 atom stereocenters. The molecule has 1 aromatic rings. The van der Waals surface area contributed by atoms with Crippen LogP contribution < -0.4 is 5.73 Å². The predicted octanol–water partition coefficient (Wildman–Crippen LogP) is 0.736. The number of anilines is 1. The molecule has 0 amide bonds. The largest absolute Gasteiger partial charge is 0.468 e. The average molecular weight is 298 g/mol. The number of benzene rings is 1. The normalized spacial score (nSPS) is 19.9. The minimum atomic E-state index is -3.56. The summed E-state index contributed by atoms with van der Waals surface area (Å²) in [6.45, 7) is 0.352. The molecule has 1 heterocycles. The minimum absolute atomic E-state index is 0.161. The second-order valence-corrected chi connectivity index (χ2v) is 6.71. The third kappa shape index (κ3) is 3.10. The van der Waals surface area contributed by atoms with Gasteiger partial charge in [-0.2, -0.15) is 4.31 Å². The van der Waals surface area contributed by atoms with E-state index in [0.717, 1.165) is 0 Å². The first-order chi connectivity index (χ1) is 9.44. The molecule has 7 heteroatoms. The van der Waals surface area contributed by atoms with Gasteiger partial charge >= 0.3 is 5.97 Å². The number of nitrogen functional groups attached to an aromatic ring is 1. The monoisotopic (exact) mass is 298 g/mol. The van der Waals surface area contributed by atoms with Gasteiger partial charge in [0.2, 0.25) is 10.0 Å². The van der Waals surface area contributed by atoms with Gasteiger partial charge in [0.05, 0.1) is 12.9 Å². The Morgan fingerprint density at radius 2 is 2.25 bits per heavy atom. The van der Waals surface area contributed by atoms with Crippen LogP contribution >= 0.6 is 0 Å². The fraction of sp³-hybridized carbons (Fsp3) is 0.462. The van der Waals surface area contributed by atoms with E-state index in [1.54, 1.807) is 24.3 Å². The average Bonchev–Trinajstić information content (AvgIpc) is 2.87. The number of carbonyl (C=O) groups is 1. The highest BCUT2D eigenvalue weighted by atomic mass is 32.2. The lowest BCUT2D eigenvalue weighted by atomic mass is 10.2. The zero-order valence-electron chi connectivity index (χ0n) is 11.3. The summed E-state index contributed by atoms with van der Waals surface area (Å²) in [4.78, 5) is 11.6. The molecule has 2 rings (SSSR count). The first kappa shape index (κ1) is 14.8. The van der Waals surface area contributed by atoms with Crippen molar-refractivity contribution in [2.45, 2.75) is 24.6 Å². The molecule has 1 aliphatic rings. The Bertz CT molecular complexity index is 600. The molecule has 1 saturated heterocycles. The van der Waals surface area contributed by atoms with Crippen molar-refractivity contribution in [3.05, 3.63) is 29.8 Å². The number of ether oxygens (including phenoxy) is 1. The number of nitrogens with zero attached hydrogens (tertiary/aromatic N) is 1. The van der Waals surface area contributed by atoms with Gasteiger partial charge in [-0.3, -0.25) is 4.79 Å². The van der Waals surface area contributed by atoms with Gasteiger partial charge in [0.25, 0.3) is 0 Å². The number of sulfonamides is 1. The van der Waals surface area contributed by atoms with E-state index in [-0.39, 0.29) is 5.75 Å². The molecule has 6 nitrogen and oxygen atoms in total. The standard InChI is InChI=1S/C13H18N2O4S/c1-19-13(16)12-6-3-7-15(12)20(17,18)9-10-4-2-5-11(14)8-10/h2,4-5,8,12H,3,6-7,9,14H2,1H3. The summed E-state index contributed by atoms with van der Waals surface area (Å²) in [5, 5.41) is 0. The maximum Gasteiger partial charge on any atom is 0.324 e. The van der Waals surface area contributed by atoms with Gasteiger partial charge in [-0.15, -0.1) is 0 Å². The number of carbonyl (C=O) groups excluding carboxylic acids is 1. The smallest absolute Gasteiger partial charge is 0.324 e. The van der Waals surface area contributed by atoms with Crippen molar-refractivity contribution in [1.29, 1.82) is 0 Å². The lowest BCUT2D eigenvalue weighted by Gasteiger charge is -2.22. The summed E-state index contributed by atoms with van der Waals surface area (Å²) in [6.07, 6.45) is 1.17. The van der Waals surface area contributed by atoms with Gasteiger partial charge in [0.1, 0.15) is 6.04 Å². The zero-order valence-corrected chi connectivity index (χ0v) is 12.1. The van der Waals surface area contributed by atoms with Crippen LogP contribution in [0.1, 0.15) is 18.4 Å². The van der Waals surface area contributed by atoms with Gasteiger partial charge in [0.15, 0.2) is 0 Å². The summed E-state index contributed by atoms with van der Waals surface area (Å²) in [7, 11) is -2.29. The number of rotatable bonds is 4. The molecule has 0 radical (unpaired) electrons. The fourth-order valence-electron chi connectivity index (χ4n) is 2.42. The van der Waals surface area contributed by atoms with Crippen LogP contribution in [0.4, 0.5) is 5.69 Å². The van der Waals surface area contributed by atoms with Crippen LogP contribution in [0.15, 0.2) is 24.3 Å². The number of methoxy groups -OCH3 is 1. The van der Waals surface area contributed by atoms with Crippen LogP contribution in [0.5, 0.6) is 0 Å². The van der Waals surface area contributed by atoms with Crippen LogP contribution in [0.2, 0.25) is 0 Å². The molecule has 0 aliphatic carbocycles. The van der Waals surface area contributed by atoms with E-state index in [1.165, 1.54) is 11.4 Å². The number of esters is 1. The van der Waals surface area contributed by atoms with E-state index in [0.29, 0.717) is 30.6 Å². The van der Waals surface area contributed by atoms with Crippen LogP contribution in [0.3, 0.4) is 0 Å². The molecule has 0 spiro atoms. The molecule has 0 saturated carbocycles. The maximum atomic E-state index is 12.4. The molecule has 110 valence electrons. The third-order valence-corrected chi connectivity index (χ3v) is 5.18. The Balaban J connectivity index is 2.19. The Morgan fingerprint density at radius 3 is 2.90 bits per heavy atom. The van der Waals surface area contributed by atoms with E-state index >= 15 is 0 Å². The summed E-state index contributed by atoms with van der Waals surface area (Å²) in [5.74, 6) is -0.662. The molecule has 0 aromatic heterocycles. The van der Waals surface area contributed by atoms with Crippen molar-refractivity contribution < 1.29 is 17.9 Å². The predicted molar refractivity (Wildman–Crippen MR) is 75.2 cm³/mol. The van der Waals surface area contributed by atoms with Gasteiger partial charge in [-0.25, -0.2) is 8.42 Å². The Hall–Kier alpha value is -1.60. The molecule has 1 unspecified atom stereocenters. The van der Waals surface area contributed by atoms with Crippen molar-refractivity contribution >= 4 is 21.7 Å². The van der Waals surface area contributed by atoms with E-state index in [2.05, 4.69) is 4.74 Å². The zero-order chi connectivity index (χ0) is 14.8. The van der Waals surface area contributed by atoms with E-state index < -0.39 is 22.0 Å². The Kier molecular flexibility index (Phi) is 4.29. The van der Waals surface area contributed by atoms with Crippen molar-refractivity contribution in [3.63, 3.8) is 0 Å². The van der Waals surface area contributed by atoms with Crippen molar-refractivity contribution in [3.8, 4) is 0 Å². The quantitative estimate of drug-likeness (QED) is 0.654. The third-order valence-electron chi connectivity index (χ3n) is 3.33. The van der Waals surface area contributed by atoms with Crippen molar-refractivity contribution in [2.75, 3.05) is 19.4 Å². The molecular formula is C13H18N2O4S. The minimum Gasteiger partial charge on any atom is -0.468 e. The Morgan fingerprint density at radius 1 is 1.50 bits per heavy atom. The van der Waals surface area contributed by atoms with Crippen LogP contribution in [0, 0.1) is 0 Å². The topological polar surface area (TPSA) is 89.7 Å². The fourth-order valence-corrected chi connectivity index (χ4v) is 4.17. The first-order valence-corrected chi connectivity index (χ1v) is 7.97.